The summed E-state index contributed by atoms with van der Waals surface area (Å²) in [4.78, 5) is 25.4. The molecule has 7 nitrogen and oxygen atoms in total. The number of amides is 1. The third kappa shape index (κ3) is 3.77. The van der Waals surface area contributed by atoms with Gasteiger partial charge in [0, 0.05) is 26.1 Å². The Morgan fingerprint density at radius 2 is 2.08 bits per heavy atom. The number of ether oxygens (including phenoxy) is 2. The van der Waals surface area contributed by atoms with Crippen LogP contribution in [-0.4, -0.2) is 60.8 Å². The van der Waals surface area contributed by atoms with Gasteiger partial charge in [-0.1, -0.05) is 6.07 Å². The van der Waals surface area contributed by atoms with Crippen LogP contribution in [0.3, 0.4) is 0 Å². The van der Waals surface area contributed by atoms with Crippen LogP contribution >= 0.6 is 0 Å². The molecule has 2 aliphatic heterocycles. The number of aliphatic carboxylic acids is 1. The Morgan fingerprint density at radius 1 is 1.35 bits per heavy atom. The molecule has 2 saturated heterocycles. The molecule has 26 heavy (non-hydrogen) atoms. The standard InChI is InChI=1S/C19H26N2O5/c1-13-3-4-15(16(11-13)25-2)26-10-9-21-7-5-19(6-8-21)14(18(23)24)12-17(22)20-19/h3-4,11,14H,5-10,12H2,1-2H3,(H,20,22)(H,23,24)/t14-/m0/s1. The van der Waals surface area contributed by atoms with Gasteiger partial charge in [-0.2, -0.15) is 0 Å². The Hall–Kier alpha value is -2.28. The molecule has 0 bridgehead atoms. The van der Waals surface area contributed by atoms with Crippen LogP contribution in [-0.2, 0) is 9.59 Å². The maximum atomic E-state index is 11.7. The zero-order chi connectivity index (χ0) is 18.7. The fourth-order valence-electron chi connectivity index (χ4n) is 3.95. The van der Waals surface area contributed by atoms with Crippen molar-refractivity contribution in [2.24, 2.45) is 5.92 Å². The van der Waals surface area contributed by atoms with Crippen LogP contribution in [0.2, 0.25) is 0 Å². The van der Waals surface area contributed by atoms with E-state index in [1.165, 1.54) is 0 Å². The first-order chi connectivity index (χ1) is 12.4. The number of nitrogens with one attached hydrogen (secondary N) is 1. The third-order valence-electron chi connectivity index (χ3n) is 5.48. The van der Waals surface area contributed by atoms with Gasteiger partial charge in [0.05, 0.1) is 18.6 Å². The van der Waals surface area contributed by atoms with Gasteiger partial charge in [-0.25, -0.2) is 0 Å². The molecule has 2 N–H and O–H groups in total. The number of carbonyl (C=O) groups is 2. The van der Waals surface area contributed by atoms with Crippen molar-refractivity contribution in [3.8, 4) is 11.5 Å². The van der Waals surface area contributed by atoms with Crippen LogP contribution in [0.1, 0.15) is 24.8 Å². The maximum Gasteiger partial charge on any atom is 0.309 e. The van der Waals surface area contributed by atoms with Gasteiger partial charge in [-0.15, -0.1) is 0 Å². The number of likely N-dealkylation sites (tertiary alicyclic amines) is 1. The first-order valence-corrected chi connectivity index (χ1v) is 8.97. The van der Waals surface area contributed by atoms with Crippen molar-refractivity contribution >= 4 is 11.9 Å². The molecular weight excluding hydrogens is 336 g/mol. The van der Waals surface area contributed by atoms with E-state index < -0.39 is 17.4 Å². The number of carboxylic acids is 1. The van der Waals surface area contributed by atoms with Crippen LogP contribution in [0.15, 0.2) is 18.2 Å². The molecule has 142 valence electrons. The quantitative estimate of drug-likeness (QED) is 0.796. The van der Waals surface area contributed by atoms with Gasteiger partial charge in [0.2, 0.25) is 5.91 Å². The van der Waals surface area contributed by atoms with Crippen LogP contribution in [0, 0.1) is 12.8 Å². The van der Waals surface area contributed by atoms with E-state index in [4.69, 9.17) is 9.47 Å². The first-order valence-electron chi connectivity index (χ1n) is 8.97. The molecule has 1 amide bonds. The van der Waals surface area contributed by atoms with Crippen molar-refractivity contribution in [1.29, 1.82) is 0 Å². The van der Waals surface area contributed by atoms with Crippen LogP contribution < -0.4 is 14.8 Å². The maximum absolute atomic E-state index is 11.7. The van der Waals surface area contributed by atoms with E-state index in [2.05, 4.69) is 10.2 Å². The zero-order valence-electron chi connectivity index (χ0n) is 15.3. The molecular formula is C19H26N2O5. The van der Waals surface area contributed by atoms with E-state index in [1.54, 1.807) is 7.11 Å². The minimum absolute atomic E-state index is 0.0890. The molecule has 3 rings (SSSR count). The van der Waals surface area contributed by atoms with Gasteiger partial charge in [0.25, 0.3) is 0 Å². The van der Waals surface area contributed by atoms with E-state index in [-0.39, 0.29) is 12.3 Å². The smallest absolute Gasteiger partial charge is 0.309 e. The number of piperidine rings is 1. The van der Waals surface area contributed by atoms with Gasteiger partial charge in [0.1, 0.15) is 6.61 Å². The number of methoxy groups -OCH3 is 1. The lowest BCUT2D eigenvalue weighted by Crippen LogP contribution is -2.56. The summed E-state index contributed by atoms with van der Waals surface area (Å²) in [6.07, 6.45) is 1.40. The highest BCUT2D eigenvalue weighted by atomic mass is 16.5. The second kappa shape index (κ2) is 7.53. The zero-order valence-corrected chi connectivity index (χ0v) is 15.3. The van der Waals surface area contributed by atoms with Crippen LogP contribution in [0.25, 0.3) is 0 Å². The Labute approximate surface area is 153 Å². The summed E-state index contributed by atoms with van der Waals surface area (Å²) in [5, 5.41) is 12.3. The number of carbonyl (C=O) groups excluding carboxylic acids is 1. The van der Waals surface area contributed by atoms with E-state index in [0.717, 1.165) is 36.7 Å². The number of carboxylic acid groups (broad SMARTS) is 1. The molecule has 2 aliphatic rings. The summed E-state index contributed by atoms with van der Waals surface area (Å²) in [7, 11) is 1.63. The molecule has 1 atom stereocenters. The highest BCUT2D eigenvalue weighted by Gasteiger charge is 2.51. The van der Waals surface area contributed by atoms with Crippen molar-refractivity contribution < 1.29 is 24.2 Å². The predicted octanol–water partition coefficient (Wildman–Crippen LogP) is 1.44. The lowest BCUT2D eigenvalue weighted by Gasteiger charge is -2.41. The molecule has 7 heteroatoms. The topological polar surface area (TPSA) is 88.1 Å². The number of hydrogen-bond donors (Lipinski definition) is 2. The SMILES string of the molecule is COc1cc(C)ccc1OCCN1CCC2(CC1)NC(=O)C[C@H]2C(=O)O. The molecule has 1 aromatic carbocycles. The van der Waals surface area contributed by atoms with Gasteiger partial charge >= 0.3 is 5.97 Å². The lowest BCUT2D eigenvalue weighted by molar-refractivity contribution is -0.144. The van der Waals surface area contributed by atoms with Crippen molar-refractivity contribution in [2.75, 3.05) is 33.4 Å². The van der Waals surface area contributed by atoms with E-state index in [0.29, 0.717) is 19.4 Å². The summed E-state index contributed by atoms with van der Waals surface area (Å²) in [5.74, 6) is -0.210. The average Bonchev–Trinajstić information content (AvgIpc) is 2.94. The minimum atomic E-state index is -0.883. The summed E-state index contributed by atoms with van der Waals surface area (Å²) >= 11 is 0. The van der Waals surface area contributed by atoms with Crippen LogP contribution in [0.5, 0.6) is 11.5 Å². The molecule has 2 heterocycles. The highest BCUT2D eigenvalue weighted by Crippen LogP contribution is 2.37. The molecule has 0 unspecified atom stereocenters. The number of benzene rings is 1. The van der Waals surface area contributed by atoms with Gasteiger partial charge in [-0.3, -0.25) is 14.5 Å². The van der Waals surface area contributed by atoms with Gasteiger partial charge in [0.15, 0.2) is 11.5 Å². The first kappa shape index (κ1) is 18.5. The Bertz CT molecular complexity index is 683. The molecule has 1 aromatic rings. The van der Waals surface area contributed by atoms with Gasteiger partial charge < -0.3 is 19.9 Å². The summed E-state index contributed by atoms with van der Waals surface area (Å²) in [6, 6.07) is 5.83. The number of nitrogens with zero attached hydrogens (tertiary/aromatic N) is 1. The average molecular weight is 362 g/mol. The molecule has 0 aliphatic carbocycles. The number of hydrogen-bond acceptors (Lipinski definition) is 5. The molecule has 0 radical (unpaired) electrons. The Kier molecular flexibility index (Phi) is 5.36. The number of aryl methyl sites for hydroxylation is 1. The second-order valence-corrected chi connectivity index (χ2v) is 7.14. The van der Waals surface area contributed by atoms with E-state index in [1.807, 2.05) is 25.1 Å². The molecule has 1 spiro atoms. The minimum Gasteiger partial charge on any atom is -0.493 e. The Morgan fingerprint density at radius 3 is 2.73 bits per heavy atom. The van der Waals surface area contributed by atoms with Gasteiger partial charge in [-0.05, 0) is 37.5 Å². The largest absolute Gasteiger partial charge is 0.493 e. The number of rotatable bonds is 6. The fourth-order valence-corrected chi connectivity index (χ4v) is 3.95. The van der Waals surface area contributed by atoms with Crippen molar-refractivity contribution in [2.45, 2.75) is 31.7 Å². The molecule has 0 aromatic heterocycles. The molecule has 0 saturated carbocycles. The highest BCUT2D eigenvalue weighted by molar-refractivity contribution is 5.88. The van der Waals surface area contributed by atoms with Crippen molar-refractivity contribution in [3.05, 3.63) is 23.8 Å². The summed E-state index contributed by atoms with van der Waals surface area (Å²) < 4.78 is 11.2. The molecule has 2 fully saturated rings. The predicted molar refractivity (Wildman–Crippen MR) is 95.5 cm³/mol. The van der Waals surface area contributed by atoms with Crippen molar-refractivity contribution in [1.82, 2.24) is 10.2 Å². The van der Waals surface area contributed by atoms with E-state index >= 15 is 0 Å². The summed E-state index contributed by atoms with van der Waals surface area (Å²) in [6.45, 7) is 4.78. The second-order valence-electron chi connectivity index (χ2n) is 7.14. The van der Waals surface area contributed by atoms with E-state index in [9.17, 15) is 14.7 Å². The fraction of sp³-hybridized carbons (Fsp3) is 0.579. The normalized spacial score (nSPS) is 22.2. The Balaban J connectivity index is 1.50. The van der Waals surface area contributed by atoms with Crippen molar-refractivity contribution in [3.63, 3.8) is 0 Å². The lowest BCUT2D eigenvalue weighted by atomic mass is 9.78. The summed E-state index contributed by atoms with van der Waals surface area (Å²) in [5.41, 5.74) is 0.530. The third-order valence-corrected chi connectivity index (χ3v) is 5.48. The monoisotopic (exact) mass is 362 g/mol. The van der Waals surface area contributed by atoms with Crippen LogP contribution in [0.4, 0.5) is 0 Å².